The summed E-state index contributed by atoms with van der Waals surface area (Å²) < 4.78 is 5.60. The molecule has 1 aromatic rings. The van der Waals surface area contributed by atoms with E-state index in [2.05, 4.69) is 20.6 Å². The van der Waals surface area contributed by atoms with Crippen molar-refractivity contribution in [2.75, 3.05) is 32.8 Å². The van der Waals surface area contributed by atoms with Crippen molar-refractivity contribution < 1.29 is 9.53 Å². The van der Waals surface area contributed by atoms with Gasteiger partial charge in [0, 0.05) is 37.8 Å². The normalized spacial score (nSPS) is 17.7. The molecule has 0 spiro atoms. The van der Waals surface area contributed by atoms with Crippen molar-refractivity contribution in [3.8, 4) is 5.75 Å². The summed E-state index contributed by atoms with van der Waals surface area (Å²) in [6, 6.07) is 3.95. The molecule has 138 valence electrons. The Morgan fingerprint density at radius 1 is 1.52 bits per heavy atom. The van der Waals surface area contributed by atoms with Crippen LogP contribution in [0.1, 0.15) is 27.2 Å². The third-order valence-corrected chi connectivity index (χ3v) is 3.94. The maximum absolute atomic E-state index is 12.1. The van der Waals surface area contributed by atoms with Crippen molar-refractivity contribution in [3.05, 3.63) is 24.5 Å². The summed E-state index contributed by atoms with van der Waals surface area (Å²) in [6.07, 6.45) is 4.34. The first kappa shape index (κ1) is 19.0. The molecule has 1 saturated heterocycles. The second-order valence-corrected chi connectivity index (χ2v) is 6.37. The topological polar surface area (TPSA) is 78.9 Å². The number of carbonyl (C=O) groups is 1. The van der Waals surface area contributed by atoms with Crippen LogP contribution in [0.15, 0.2) is 29.5 Å². The van der Waals surface area contributed by atoms with Crippen LogP contribution in [0, 0.1) is 5.92 Å². The van der Waals surface area contributed by atoms with Crippen LogP contribution in [0.4, 0.5) is 0 Å². The molecule has 0 aliphatic carbocycles. The number of hydrogen-bond donors (Lipinski definition) is 2. The van der Waals surface area contributed by atoms with Gasteiger partial charge in [-0.1, -0.05) is 13.8 Å². The van der Waals surface area contributed by atoms with Gasteiger partial charge in [-0.2, -0.15) is 0 Å². The summed E-state index contributed by atoms with van der Waals surface area (Å²) in [4.78, 5) is 22.6. The van der Waals surface area contributed by atoms with Gasteiger partial charge in [-0.15, -0.1) is 0 Å². The molecule has 2 rings (SSSR count). The number of guanidine groups is 1. The zero-order valence-electron chi connectivity index (χ0n) is 15.4. The van der Waals surface area contributed by atoms with E-state index in [1.54, 1.807) is 12.4 Å². The van der Waals surface area contributed by atoms with Gasteiger partial charge in [0.2, 0.25) is 5.91 Å². The second-order valence-electron chi connectivity index (χ2n) is 6.37. The summed E-state index contributed by atoms with van der Waals surface area (Å²) in [6.45, 7) is 9.28. The Bertz CT molecular complexity index is 562. The minimum Gasteiger partial charge on any atom is -0.490 e. The molecule has 7 nitrogen and oxygen atoms in total. The molecule has 1 amide bonds. The molecular formula is C18H29N5O2. The average molecular weight is 347 g/mol. The van der Waals surface area contributed by atoms with Crippen LogP contribution in [0.2, 0.25) is 0 Å². The Hall–Kier alpha value is -2.31. The minimum absolute atomic E-state index is 0.0466. The predicted octanol–water partition coefficient (Wildman–Crippen LogP) is 1.27. The molecule has 0 bridgehead atoms. The molecule has 1 aromatic heterocycles. The fraction of sp³-hybridized carbons (Fsp3) is 0.611. The summed E-state index contributed by atoms with van der Waals surface area (Å²) >= 11 is 0. The van der Waals surface area contributed by atoms with Crippen LogP contribution in [-0.4, -0.2) is 60.6 Å². The molecule has 25 heavy (non-hydrogen) atoms. The third-order valence-electron chi connectivity index (χ3n) is 3.94. The Morgan fingerprint density at radius 2 is 2.36 bits per heavy atom. The lowest BCUT2D eigenvalue weighted by atomic mass is 10.2. The van der Waals surface area contributed by atoms with Gasteiger partial charge in [0.1, 0.15) is 12.4 Å². The Morgan fingerprint density at radius 3 is 3.04 bits per heavy atom. The van der Waals surface area contributed by atoms with E-state index in [9.17, 15) is 4.79 Å². The van der Waals surface area contributed by atoms with Crippen LogP contribution >= 0.6 is 0 Å². The van der Waals surface area contributed by atoms with Gasteiger partial charge < -0.3 is 20.3 Å². The van der Waals surface area contributed by atoms with Crippen LogP contribution < -0.4 is 15.4 Å². The number of aromatic nitrogens is 1. The summed E-state index contributed by atoms with van der Waals surface area (Å²) in [5.41, 5.74) is 0. The average Bonchev–Trinajstić information content (AvgIpc) is 3.07. The number of hydrogen-bond acceptors (Lipinski definition) is 4. The quantitative estimate of drug-likeness (QED) is 0.441. The Labute approximate surface area is 149 Å². The zero-order chi connectivity index (χ0) is 18.1. The Kier molecular flexibility index (Phi) is 7.50. The molecule has 0 aromatic carbocycles. The molecule has 7 heteroatoms. The Balaban J connectivity index is 1.79. The first-order valence-electron chi connectivity index (χ1n) is 8.96. The highest BCUT2D eigenvalue weighted by atomic mass is 16.5. The number of amides is 1. The van der Waals surface area contributed by atoms with E-state index >= 15 is 0 Å². The number of pyridine rings is 1. The third kappa shape index (κ3) is 6.25. The van der Waals surface area contributed by atoms with E-state index in [0.717, 1.165) is 37.8 Å². The number of rotatable bonds is 7. The SMILES string of the molecule is CCNC(=NCCOc1cccnc1)NC1CCN(C(=O)C(C)C)C1. The number of likely N-dealkylation sites (tertiary alicyclic amines) is 1. The molecule has 1 aliphatic rings. The lowest BCUT2D eigenvalue weighted by molar-refractivity contribution is -0.133. The van der Waals surface area contributed by atoms with Gasteiger partial charge in [0.15, 0.2) is 5.96 Å². The molecule has 2 N–H and O–H groups in total. The lowest BCUT2D eigenvalue weighted by Crippen LogP contribution is -2.45. The highest BCUT2D eigenvalue weighted by Crippen LogP contribution is 2.12. The largest absolute Gasteiger partial charge is 0.490 e. The van der Waals surface area contributed by atoms with Gasteiger partial charge in [0.25, 0.3) is 0 Å². The van der Waals surface area contributed by atoms with Crippen molar-refractivity contribution >= 4 is 11.9 Å². The minimum atomic E-state index is 0.0466. The first-order valence-corrected chi connectivity index (χ1v) is 8.96. The first-order chi connectivity index (χ1) is 12.1. The maximum Gasteiger partial charge on any atom is 0.225 e. The van der Waals surface area contributed by atoms with E-state index < -0.39 is 0 Å². The number of ether oxygens (including phenoxy) is 1. The summed E-state index contributed by atoms with van der Waals surface area (Å²) in [5, 5.41) is 6.66. The van der Waals surface area contributed by atoms with Gasteiger partial charge in [-0.25, -0.2) is 4.99 Å². The molecule has 0 saturated carbocycles. The van der Waals surface area contributed by atoms with Crippen LogP contribution in [0.3, 0.4) is 0 Å². The van der Waals surface area contributed by atoms with E-state index in [-0.39, 0.29) is 17.9 Å². The van der Waals surface area contributed by atoms with Gasteiger partial charge >= 0.3 is 0 Å². The van der Waals surface area contributed by atoms with E-state index in [1.807, 2.05) is 37.8 Å². The number of aliphatic imine (C=N–C) groups is 1. The van der Waals surface area contributed by atoms with Gasteiger partial charge in [0.05, 0.1) is 12.7 Å². The van der Waals surface area contributed by atoms with E-state index in [4.69, 9.17) is 4.74 Å². The second kappa shape index (κ2) is 9.86. The summed E-state index contributed by atoms with van der Waals surface area (Å²) in [7, 11) is 0. The van der Waals surface area contributed by atoms with Gasteiger partial charge in [-0.3, -0.25) is 9.78 Å². The maximum atomic E-state index is 12.1. The smallest absolute Gasteiger partial charge is 0.225 e. The van der Waals surface area contributed by atoms with Crippen LogP contribution in [-0.2, 0) is 4.79 Å². The molecular weight excluding hydrogens is 318 g/mol. The number of nitrogens with zero attached hydrogens (tertiary/aromatic N) is 3. The highest BCUT2D eigenvalue weighted by Gasteiger charge is 2.27. The van der Waals surface area contributed by atoms with Crippen LogP contribution in [0.25, 0.3) is 0 Å². The van der Waals surface area contributed by atoms with Crippen molar-refractivity contribution in [1.29, 1.82) is 0 Å². The predicted molar refractivity (Wildman–Crippen MR) is 98.7 cm³/mol. The number of nitrogens with one attached hydrogen (secondary N) is 2. The molecule has 0 radical (unpaired) electrons. The molecule has 1 aliphatic heterocycles. The fourth-order valence-corrected chi connectivity index (χ4v) is 2.71. The van der Waals surface area contributed by atoms with E-state index in [1.165, 1.54) is 0 Å². The van der Waals surface area contributed by atoms with Crippen molar-refractivity contribution in [3.63, 3.8) is 0 Å². The van der Waals surface area contributed by atoms with Crippen molar-refractivity contribution in [2.45, 2.75) is 33.2 Å². The molecule has 1 unspecified atom stereocenters. The van der Waals surface area contributed by atoms with Crippen molar-refractivity contribution in [2.24, 2.45) is 10.9 Å². The molecule has 1 atom stereocenters. The fourth-order valence-electron chi connectivity index (χ4n) is 2.71. The zero-order valence-corrected chi connectivity index (χ0v) is 15.4. The lowest BCUT2D eigenvalue weighted by Gasteiger charge is -2.20. The molecule has 1 fully saturated rings. The highest BCUT2D eigenvalue weighted by molar-refractivity contribution is 5.81. The number of carbonyl (C=O) groups excluding carboxylic acids is 1. The van der Waals surface area contributed by atoms with Gasteiger partial charge in [-0.05, 0) is 25.5 Å². The van der Waals surface area contributed by atoms with E-state index in [0.29, 0.717) is 13.2 Å². The summed E-state index contributed by atoms with van der Waals surface area (Å²) in [5.74, 6) is 1.77. The van der Waals surface area contributed by atoms with Crippen LogP contribution in [0.5, 0.6) is 5.75 Å². The van der Waals surface area contributed by atoms with Crippen molar-refractivity contribution in [1.82, 2.24) is 20.5 Å². The standard InChI is InChI=1S/C18H29N5O2/c1-4-20-18(21-9-11-25-16-6-5-8-19-12-16)22-15-7-10-23(13-15)17(24)14(2)3/h5-6,8,12,14-15H,4,7,9-11,13H2,1-3H3,(H2,20,21,22). The monoisotopic (exact) mass is 347 g/mol. The molecule has 2 heterocycles.